The van der Waals surface area contributed by atoms with E-state index in [1.54, 1.807) is 0 Å². The molecule has 0 unspecified atom stereocenters. The van der Waals surface area contributed by atoms with Gasteiger partial charge in [-0.15, -0.1) is 0 Å². The Morgan fingerprint density at radius 1 is 1.50 bits per heavy atom. The fourth-order valence-corrected chi connectivity index (χ4v) is 0. The molecule has 0 N–H and O–H groups in total. The quantitative estimate of drug-likeness (QED) is 0.349. The fourth-order valence-electron chi connectivity index (χ4n) is 0. The summed E-state index contributed by atoms with van der Waals surface area (Å²) < 4.78 is 0. The Morgan fingerprint density at radius 3 is 1.67 bits per heavy atom. The second-order valence-electron chi connectivity index (χ2n) is 1.38. The third kappa shape index (κ3) is 9.00. The fraction of sp³-hybridized carbons (Fsp3) is 0.750. The van der Waals surface area contributed by atoms with Crippen molar-refractivity contribution in [3.05, 3.63) is 0 Å². The van der Waals surface area contributed by atoms with Crippen LogP contribution in [0.2, 0.25) is 0 Å². The molecule has 0 aliphatic carbocycles. The van der Waals surface area contributed by atoms with Crippen LogP contribution in [0.5, 0.6) is 0 Å². The minimum atomic E-state index is 0. The first-order chi connectivity index (χ1) is 2.27. The van der Waals surface area contributed by atoms with Gasteiger partial charge in [0, 0.05) is 5.92 Å². The summed E-state index contributed by atoms with van der Waals surface area (Å²) in [6.45, 7) is 3.71. The molecule has 0 saturated heterocycles. The maximum absolute atomic E-state index is 9.50. The predicted octanol–water partition coefficient (Wildman–Crippen LogP) is 0.193. The Balaban J connectivity index is 0. The summed E-state index contributed by atoms with van der Waals surface area (Å²) >= 11 is 0. The van der Waals surface area contributed by atoms with Crippen molar-refractivity contribution in [2.45, 2.75) is 13.8 Å². The number of rotatable bonds is 1. The van der Waals surface area contributed by atoms with Crippen molar-refractivity contribution in [3.8, 4) is 0 Å². The summed E-state index contributed by atoms with van der Waals surface area (Å²) in [6.07, 6.45) is 0.917. The van der Waals surface area contributed by atoms with Crippen molar-refractivity contribution in [1.82, 2.24) is 0 Å². The third-order valence-electron chi connectivity index (χ3n) is 0.272. The zero-order valence-corrected chi connectivity index (χ0v) is 3.56. The van der Waals surface area contributed by atoms with Gasteiger partial charge < -0.3 is 4.79 Å². The number of hydrogen-bond donors (Lipinski definition) is 0. The number of carbonyl (C=O) groups is 1. The summed E-state index contributed by atoms with van der Waals surface area (Å²) in [4.78, 5) is 9.50. The van der Waals surface area contributed by atoms with Crippen molar-refractivity contribution in [2.75, 3.05) is 0 Å². The molecule has 0 radical (unpaired) electrons. The summed E-state index contributed by atoms with van der Waals surface area (Å²) in [7, 11) is 0. The zero-order chi connectivity index (χ0) is 4.28. The predicted molar refractivity (Wildman–Crippen MR) is 28.1 cm³/mol. The molecule has 2 heteroatoms. The van der Waals surface area contributed by atoms with Gasteiger partial charge in [-0.3, -0.25) is 0 Å². The van der Waals surface area contributed by atoms with Gasteiger partial charge in [0.1, 0.15) is 6.29 Å². The van der Waals surface area contributed by atoms with Gasteiger partial charge in [0.05, 0.1) is 0 Å². The van der Waals surface area contributed by atoms with Crippen molar-refractivity contribution in [2.24, 2.45) is 5.92 Å². The molecule has 0 fully saturated rings. The van der Waals surface area contributed by atoms with Gasteiger partial charge in [0.2, 0.25) is 0 Å². The molecule has 1 nitrogen and oxygen atoms in total. The first-order valence-corrected chi connectivity index (χ1v) is 1.72. The third-order valence-corrected chi connectivity index (χ3v) is 0.272. The van der Waals surface area contributed by atoms with E-state index in [9.17, 15) is 4.79 Å². The Hall–Kier alpha value is 1.31. The molecule has 6 heavy (non-hydrogen) atoms. The molecule has 0 heterocycles. The first-order valence-electron chi connectivity index (χ1n) is 1.72. The van der Waals surface area contributed by atoms with E-state index in [-0.39, 0.29) is 57.3 Å². The molecular formula is C4H9KO. The van der Waals surface area contributed by atoms with Crippen LogP contribution >= 0.6 is 0 Å². The molecule has 0 bridgehead atoms. The van der Waals surface area contributed by atoms with Crippen LogP contribution in [0.1, 0.15) is 13.8 Å². The summed E-state index contributed by atoms with van der Waals surface area (Å²) in [5.74, 6) is 0.204. The van der Waals surface area contributed by atoms with Crippen molar-refractivity contribution < 1.29 is 4.79 Å². The monoisotopic (exact) mass is 112 g/mol. The SMILES string of the molecule is CC(C)C=O.[KH]. The molecule has 0 rings (SSSR count). The van der Waals surface area contributed by atoms with E-state index >= 15 is 0 Å². The van der Waals surface area contributed by atoms with E-state index in [2.05, 4.69) is 0 Å². The van der Waals surface area contributed by atoms with Crippen LogP contribution in [0.3, 0.4) is 0 Å². The van der Waals surface area contributed by atoms with E-state index in [0.29, 0.717) is 0 Å². The maximum atomic E-state index is 9.50. The van der Waals surface area contributed by atoms with Gasteiger partial charge in [-0.25, -0.2) is 0 Å². The van der Waals surface area contributed by atoms with E-state index in [0.717, 1.165) is 6.29 Å². The molecule has 0 amide bonds. The van der Waals surface area contributed by atoms with Crippen molar-refractivity contribution in [1.29, 1.82) is 0 Å². The van der Waals surface area contributed by atoms with Crippen molar-refractivity contribution in [3.63, 3.8) is 0 Å². The first kappa shape index (κ1) is 10.3. The number of aldehydes is 1. The molecule has 0 atom stereocenters. The molecule has 0 saturated carbocycles. The standard InChI is InChI=1S/C4H8O.K.H/c1-4(2)3-5;;/h3-4H,1-2H3;;. The minimum absolute atomic E-state index is 0. The number of carbonyl (C=O) groups excluding carboxylic acids is 1. The van der Waals surface area contributed by atoms with E-state index in [1.807, 2.05) is 13.8 Å². The van der Waals surface area contributed by atoms with Crippen LogP contribution in [0.25, 0.3) is 0 Å². The molecule has 0 aromatic heterocycles. The second-order valence-corrected chi connectivity index (χ2v) is 1.38. The molecule has 0 spiro atoms. The molecule has 0 aromatic rings. The van der Waals surface area contributed by atoms with Gasteiger partial charge in [0.25, 0.3) is 0 Å². The molecule has 0 aromatic carbocycles. The van der Waals surface area contributed by atoms with Crippen LogP contribution in [-0.4, -0.2) is 57.7 Å². The van der Waals surface area contributed by atoms with Gasteiger partial charge in [-0.1, -0.05) is 13.8 Å². The van der Waals surface area contributed by atoms with Crippen LogP contribution in [-0.2, 0) is 4.79 Å². The van der Waals surface area contributed by atoms with Crippen LogP contribution < -0.4 is 0 Å². The Morgan fingerprint density at radius 2 is 1.67 bits per heavy atom. The molecule has 32 valence electrons. The topological polar surface area (TPSA) is 17.1 Å². The summed E-state index contributed by atoms with van der Waals surface area (Å²) in [5, 5.41) is 0. The zero-order valence-electron chi connectivity index (χ0n) is 3.56. The van der Waals surface area contributed by atoms with Gasteiger partial charge in [-0.05, 0) is 0 Å². The molecule has 0 aliphatic rings. The van der Waals surface area contributed by atoms with E-state index in [4.69, 9.17) is 0 Å². The van der Waals surface area contributed by atoms with E-state index in [1.165, 1.54) is 0 Å². The average molecular weight is 112 g/mol. The Bertz CT molecular complexity index is 34.5. The average Bonchev–Trinajstić information content (AvgIpc) is 1.38. The molecule has 0 aliphatic heterocycles. The summed E-state index contributed by atoms with van der Waals surface area (Å²) in [5.41, 5.74) is 0. The van der Waals surface area contributed by atoms with Crippen LogP contribution in [0.4, 0.5) is 0 Å². The van der Waals surface area contributed by atoms with Gasteiger partial charge in [0.15, 0.2) is 0 Å². The van der Waals surface area contributed by atoms with Gasteiger partial charge >= 0.3 is 51.4 Å². The van der Waals surface area contributed by atoms with Crippen LogP contribution in [0, 0.1) is 5.92 Å². The summed E-state index contributed by atoms with van der Waals surface area (Å²) in [6, 6.07) is 0. The number of hydrogen-bond acceptors (Lipinski definition) is 1. The Kier molecular flexibility index (Phi) is 10.8. The molecular weight excluding hydrogens is 103 g/mol. The second kappa shape index (κ2) is 6.31. The normalized spacial score (nSPS) is 7.17. The Labute approximate surface area is 80.9 Å². The van der Waals surface area contributed by atoms with Crippen molar-refractivity contribution >= 4 is 57.7 Å². The van der Waals surface area contributed by atoms with Gasteiger partial charge in [-0.2, -0.15) is 0 Å². The van der Waals surface area contributed by atoms with Crippen LogP contribution in [0.15, 0.2) is 0 Å². The van der Waals surface area contributed by atoms with E-state index < -0.39 is 0 Å².